The third kappa shape index (κ3) is 12.5. The largest absolute Gasteiger partial charge is 0.466 e. The number of hydrogen-bond donors (Lipinski definition) is 0. The van der Waals surface area contributed by atoms with Gasteiger partial charge in [0.15, 0.2) is 0 Å². The summed E-state index contributed by atoms with van der Waals surface area (Å²) in [6.07, 6.45) is 0.270. The van der Waals surface area contributed by atoms with Crippen molar-refractivity contribution < 1.29 is 23.8 Å². The molecule has 0 fully saturated rings. The van der Waals surface area contributed by atoms with E-state index in [9.17, 15) is 9.59 Å². The molecule has 0 aromatic carbocycles. The van der Waals surface area contributed by atoms with E-state index < -0.39 is 11.7 Å². The van der Waals surface area contributed by atoms with Gasteiger partial charge in [-0.05, 0) is 39.6 Å². The van der Waals surface area contributed by atoms with E-state index in [0.717, 1.165) is 0 Å². The summed E-state index contributed by atoms with van der Waals surface area (Å²) in [7, 11) is 0. The Hall–Kier alpha value is -1.99. The van der Waals surface area contributed by atoms with Crippen LogP contribution in [0.25, 0.3) is 10.4 Å². The quantitative estimate of drug-likeness (QED) is 0.188. The Morgan fingerprint density at radius 2 is 1.92 bits per heavy atom. The van der Waals surface area contributed by atoms with Crippen molar-refractivity contribution in [3.8, 4) is 0 Å². The molecule has 1 amide bonds. The van der Waals surface area contributed by atoms with Crippen LogP contribution in [0.2, 0.25) is 0 Å². The van der Waals surface area contributed by atoms with Crippen molar-refractivity contribution >= 4 is 12.1 Å². The molecule has 0 bridgehead atoms. The molecule has 0 aliphatic rings. The summed E-state index contributed by atoms with van der Waals surface area (Å²) in [5, 5.41) is 3.36. The van der Waals surface area contributed by atoms with Gasteiger partial charge in [0.2, 0.25) is 0 Å². The summed E-state index contributed by atoms with van der Waals surface area (Å²) in [4.78, 5) is 27.7. The third-order valence-electron chi connectivity index (χ3n) is 2.67. The molecular formula is C15H28N4O5. The van der Waals surface area contributed by atoms with E-state index >= 15 is 0 Å². The second-order valence-corrected chi connectivity index (χ2v) is 5.94. The molecule has 9 heteroatoms. The van der Waals surface area contributed by atoms with Crippen LogP contribution in [0.1, 0.15) is 40.5 Å². The van der Waals surface area contributed by atoms with Crippen molar-refractivity contribution in [2.45, 2.75) is 46.1 Å². The first-order chi connectivity index (χ1) is 11.3. The SMILES string of the molecule is CCOC(=O)CCCN(CCOCCN=[N+]=[N-])C(=O)OC(C)(C)C. The molecule has 0 aromatic rings. The van der Waals surface area contributed by atoms with E-state index in [1.807, 2.05) is 0 Å². The molecule has 0 atom stereocenters. The third-order valence-corrected chi connectivity index (χ3v) is 2.67. The van der Waals surface area contributed by atoms with Crippen LogP contribution < -0.4 is 0 Å². The summed E-state index contributed by atoms with van der Waals surface area (Å²) in [6.45, 7) is 8.97. The molecule has 0 aromatic heterocycles. The van der Waals surface area contributed by atoms with Crippen LogP contribution in [0.5, 0.6) is 0 Å². The normalized spacial score (nSPS) is 10.7. The lowest BCUT2D eigenvalue weighted by molar-refractivity contribution is -0.143. The van der Waals surface area contributed by atoms with E-state index in [2.05, 4.69) is 10.0 Å². The Labute approximate surface area is 142 Å². The summed E-state index contributed by atoms with van der Waals surface area (Å²) in [6, 6.07) is 0. The number of carbonyl (C=O) groups excluding carboxylic acids is 2. The molecule has 24 heavy (non-hydrogen) atoms. The summed E-state index contributed by atoms with van der Waals surface area (Å²) in [5.74, 6) is -0.285. The Morgan fingerprint density at radius 1 is 1.21 bits per heavy atom. The number of rotatable bonds is 11. The van der Waals surface area contributed by atoms with Gasteiger partial charge in [-0.2, -0.15) is 0 Å². The Bertz CT molecular complexity index is 430. The van der Waals surface area contributed by atoms with Crippen LogP contribution in [0.4, 0.5) is 4.79 Å². The topological polar surface area (TPSA) is 114 Å². The molecule has 0 aliphatic heterocycles. The van der Waals surface area contributed by atoms with Crippen molar-refractivity contribution in [1.82, 2.24) is 4.90 Å². The molecule has 0 heterocycles. The molecule has 9 nitrogen and oxygen atoms in total. The Balaban J connectivity index is 4.35. The lowest BCUT2D eigenvalue weighted by atomic mass is 10.2. The van der Waals surface area contributed by atoms with Gasteiger partial charge in [0.1, 0.15) is 5.60 Å². The molecule has 0 spiro atoms. The summed E-state index contributed by atoms with van der Waals surface area (Å²) in [5.41, 5.74) is 7.57. The van der Waals surface area contributed by atoms with Crippen molar-refractivity contribution in [2.75, 3.05) is 39.5 Å². The molecule has 0 saturated heterocycles. The molecule has 138 valence electrons. The Morgan fingerprint density at radius 3 is 2.50 bits per heavy atom. The van der Waals surface area contributed by atoms with Crippen molar-refractivity contribution in [1.29, 1.82) is 0 Å². The molecule has 0 aliphatic carbocycles. The van der Waals surface area contributed by atoms with E-state index in [0.29, 0.717) is 32.7 Å². The zero-order chi connectivity index (χ0) is 18.4. The van der Waals surface area contributed by atoms with Gasteiger partial charge in [-0.25, -0.2) is 4.79 Å². The minimum absolute atomic E-state index is 0.241. The van der Waals surface area contributed by atoms with Crippen molar-refractivity contribution in [3.05, 3.63) is 10.4 Å². The van der Waals surface area contributed by atoms with Crippen molar-refractivity contribution in [3.63, 3.8) is 0 Å². The fourth-order valence-electron chi connectivity index (χ4n) is 1.70. The first-order valence-electron chi connectivity index (χ1n) is 8.02. The number of amides is 1. The minimum Gasteiger partial charge on any atom is -0.466 e. The van der Waals surface area contributed by atoms with Gasteiger partial charge >= 0.3 is 12.1 Å². The van der Waals surface area contributed by atoms with Gasteiger partial charge in [0.05, 0.1) is 19.8 Å². The van der Waals surface area contributed by atoms with Gasteiger partial charge in [-0.3, -0.25) is 4.79 Å². The highest BCUT2D eigenvalue weighted by molar-refractivity contribution is 5.70. The first-order valence-corrected chi connectivity index (χ1v) is 8.02. The van der Waals surface area contributed by atoms with Crippen LogP contribution in [-0.2, 0) is 19.0 Å². The van der Waals surface area contributed by atoms with E-state index in [-0.39, 0.29) is 25.5 Å². The van der Waals surface area contributed by atoms with E-state index in [4.69, 9.17) is 19.7 Å². The predicted molar refractivity (Wildman–Crippen MR) is 88.5 cm³/mol. The van der Waals surface area contributed by atoms with Gasteiger partial charge < -0.3 is 19.1 Å². The smallest absolute Gasteiger partial charge is 0.410 e. The standard InChI is InChI=1S/C15H28N4O5/c1-5-23-13(20)7-6-9-19(14(21)24-15(2,3)4)10-12-22-11-8-17-18-16/h5-12H2,1-4H3. The van der Waals surface area contributed by atoms with E-state index in [1.54, 1.807) is 27.7 Å². The van der Waals surface area contributed by atoms with Crippen LogP contribution in [0.15, 0.2) is 5.11 Å². The maximum Gasteiger partial charge on any atom is 0.410 e. The molecule has 0 saturated carbocycles. The summed E-state index contributed by atoms with van der Waals surface area (Å²) < 4.78 is 15.5. The Kier molecular flexibility index (Phi) is 11.4. The number of esters is 1. The molecule has 0 rings (SSSR count). The molecule has 0 radical (unpaired) electrons. The van der Waals surface area contributed by atoms with Gasteiger partial charge in [0, 0.05) is 31.0 Å². The molecule has 0 N–H and O–H groups in total. The zero-order valence-corrected chi connectivity index (χ0v) is 15.0. The van der Waals surface area contributed by atoms with Crippen LogP contribution >= 0.6 is 0 Å². The van der Waals surface area contributed by atoms with Crippen molar-refractivity contribution in [2.24, 2.45) is 5.11 Å². The van der Waals surface area contributed by atoms with E-state index in [1.165, 1.54) is 4.90 Å². The monoisotopic (exact) mass is 344 g/mol. The van der Waals surface area contributed by atoms with Crippen LogP contribution in [0, 0.1) is 0 Å². The highest BCUT2D eigenvalue weighted by atomic mass is 16.6. The van der Waals surface area contributed by atoms with Crippen LogP contribution in [0.3, 0.4) is 0 Å². The average Bonchev–Trinajstić information content (AvgIpc) is 2.47. The van der Waals surface area contributed by atoms with Crippen LogP contribution in [-0.4, -0.2) is 62.0 Å². The number of carbonyl (C=O) groups is 2. The first kappa shape index (κ1) is 22.0. The number of azide groups is 1. The number of ether oxygens (including phenoxy) is 3. The highest BCUT2D eigenvalue weighted by Gasteiger charge is 2.22. The average molecular weight is 344 g/mol. The lowest BCUT2D eigenvalue weighted by Crippen LogP contribution is -2.39. The molecular weight excluding hydrogens is 316 g/mol. The second-order valence-electron chi connectivity index (χ2n) is 5.94. The number of hydrogen-bond acceptors (Lipinski definition) is 6. The van der Waals surface area contributed by atoms with Gasteiger partial charge in [-0.1, -0.05) is 5.11 Å². The maximum atomic E-state index is 12.2. The van der Waals surface area contributed by atoms with Gasteiger partial charge in [0.25, 0.3) is 0 Å². The minimum atomic E-state index is -0.598. The molecule has 0 unspecified atom stereocenters. The fourth-order valence-corrected chi connectivity index (χ4v) is 1.70. The highest BCUT2D eigenvalue weighted by Crippen LogP contribution is 2.10. The fraction of sp³-hybridized carbons (Fsp3) is 0.867. The zero-order valence-electron chi connectivity index (χ0n) is 15.0. The van der Waals surface area contributed by atoms with Gasteiger partial charge in [-0.15, -0.1) is 0 Å². The predicted octanol–water partition coefficient (Wildman–Crippen LogP) is 2.89. The number of nitrogens with zero attached hydrogens (tertiary/aromatic N) is 4. The maximum absolute atomic E-state index is 12.2. The second kappa shape index (κ2) is 12.4. The lowest BCUT2D eigenvalue weighted by Gasteiger charge is -2.27. The summed E-state index contributed by atoms with van der Waals surface area (Å²) >= 11 is 0.